The summed E-state index contributed by atoms with van der Waals surface area (Å²) in [6.07, 6.45) is 3.74. The van der Waals surface area contributed by atoms with E-state index in [0.29, 0.717) is 10.7 Å². The molecule has 3 heterocycles. The molecule has 3 aliphatic heterocycles. The van der Waals surface area contributed by atoms with E-state index >= 15 is 0 Å². The molecule has 2 fully saturated rings. The number of halogens is 2. The number of benzene rings is 3. The highest BCUT2D eigenvalue weighted by Crippen LogP contribution is 2.53. The fourth-order valence-corrected chi connectivity index (χ4v) is 6.04. The zero-order chi connectivity index (χ0) is 23.6. The minimum absolute atomic E-state index is 0.218. The topological polar surface area (TPSA) is 57.7 Å². The maximum Gasteiger partial charge on any atom is 0.240 e. The standard InChI is InChI=1S/C27H18Cl2N2O3/c28-16-10-11-19(20(29)14-16)25(32)24-22-21(23-18-9-5-4-6-15(18)12-13-30(23)24)26(33)31(27(22)34)17-7-2-1-3-8-17/h1-14,21-24H. The molecule has 0 bridgehead atoms. The highest BCUT2D eigenvalue weighted by molar-refractivity contribution is 6.37. The lowest BCUT2D eigenvalue weighted by Gasteiger charge is -2.35. The molecule has 0 aromatic heterocycles. The van der Waals surface area contributed by atoms with Crippen molar-refractivity contribution < 1.29 is 14.4 Å². The van der Waals surface area contributed by atoms with Gasteiger partial charge in [0.15, 0.2) is 5.78 Å². The SMILES string of the molecule is O=C(c1ccc(Cl)cc1Cl)C1C2C(=O)N(c3ccccc3)C(=O)C2C2c3ccccc3C=CN12. The lowest BCUT2D eigenvalue weighted by molar-refractivity contribution is -0.123. The Morgan fingerprint density at radius 3 is 2.29 bits per heavy atom. The van der Waals surface area contributed by atoms with Gasteiger partial charge in [0.1, 0.15) is 6.04 Å². The first kappa shape index (κ1) is 21.1. The van der Waals surface area contributed by atoms with E-state index < -0.39 is 23.9 Å². The van der Waals surface area contributed by atoms with Crippen LogP contribution in [0.3, 0.4) is 0 Å². The van der Waals surface area contributed by atoms with Crippen LogP contribution in [0, 0.1) is 11.8 Å². The van der Waals surface area contributed by atoms with Crippen molar-refractivity contribution in [1.29, 1.82) is 0 Å². The van der Waals surface area contributed by atoms with Crippen LogP contribution in [0.2, 0.25) is 10.0 Å². The number of carbonyl (C=O) groups is 3. The fraction of sp³-hybridized carbons (Fsp3) is 0.148. The Kier molecular flexibility index (Phi) is 4.87. The number of hydrogen-bond donors (Lipinski definition) is 0. The quantitative estimate of drug-likeness (QED) is 0.366. The van der Waals surface area contributed by atoms with Gasteiger partial charge in [0.25, 0.3) is 0 Å². The lowest BCUT2D eigenvalue weighted by Crippen LogP contribution is -2.44. The Hall–Kier alpha value is -3.41. The molecule has 5 nitrogen and oxygen atoms in total. The molecule has 0 N–H and O–H groups in total. The molecule has 4 unspecified atom stereocenters. The van der Waals surface area contributed by atoms with E-state index in [1.165, 1.54) is 11.0 Å². The Bertz CT molecular complexity index is 1390. The van der Waals surface area contributed by atoms with Crippen molar-refractivity contribution in [2.75, 3.05) is 4.90 Å². The van der Waals surface area contributed by atoms with Gasteiger partial charge in [0.2, 0.25) is 11.8 Å². The predicted octanol–water partition coefficient (Wildman–Crippen LogP) is 5.39. The van der Waals surface area contributed by atoms with Crippen molar-refractivity contribution in [3.63, 3.8) is 0 Å². The van der Waals surface area contributed by atoms with Gasteiger partial charge in [-0.25, -0.2) is 4.90 Å². The van der Waals surface area contributed by atoms with Crippen molar-refractivity contribution in [2.45, 2.75) is 12.1 Å². The van der Waals surface area contributed by atoms with Gasteiger partial charge < -0.3 is 4.90 Å². The van der Waals surface area contributed by atoms with E-state index in [1.807, 2.05) is 47.5 Å². The van der Waals surface area contributed by atoms with E-state index in [9.17, 15) is 14.4 Å². The average Bonchev–Trinajstić information content (AvgIpc) is 3.32. The maximum atomic E-state index is 13.9. The van der Waals surface area contributed by atoms with Crippen LogP contribution in [0.4, 0.5) is 5.69 Å². The molecular weight excluding hydrogens is 471 g/mol. The highest BCUT2D eigenvalue weighted by atomic mass is 35.5. The largest absolute Gasteiger partial charge is 0.358 e. The summed E-state index contributed by atoms with van der Waals surface area (Å²) >= 11 is 12.4. The van der Waals surface area contributed by atoms with Gasteiger partial charge >= 0.3 is 0 Å². The first-order valence-corrected chi connectivity index (χ1v) is 11.7. The number of carbonyl (C=O) groups excluding carboxylic acids is 3. The van der Waals surface area contributed by atoms with E-state index in [2.05, 4.69) is 0 Å². The highest BCUT2D eigenvalue weighted by Gasteiger charge is 2.64. The Labute approximate surface area is 206 Å². The predicted molar refractivity (Wildman–Crippen MR) is 131 cm³/mol. The fourth-order valence-electron chi connectivity index (χ4n) is 5.54. The van der Waals surface area contributed by atoms with Crippen molar-refractivity contribution >= 4 is 52.6 Å². The van der Waals surface area contributed by atoms with Gasteiger partial charge in [-0.2, -0.15) is 0 Å². The first-order valence-electron chi connectivity index (χ1n) is 10.9. The lowest BCUT2D eigenvalue weighted by atomic mass is 9.83. The molecule has 3 aromatic carbocycles. The van der Waals surface area contributed by atoms with Gasteiger partial charge in [-0.15, -0.1) is 0 Å². The van der Waals surface area contributed by atoms with Crippen molar-refractivity contribution in [1.82, 2.24) is 4.90 Å². The smallest absolute Gasteiger partial charge is 0.240 e. The second kappa shape index (κ2) is 7.83. The number of hydrogen-bond acceptors (Lipinski definition) is 4. The summed E-state index contributed by atoms with van der Waals surface area (Å²) in [5, 5.41) is 0.633. The monoisotopic (exact) mass is 488 g/mol. The minimum atomic E-state index is -0.872. The van der Waals surface area contributed by atoms with E-state index in [4.69, 9.17) is 23.2 Å². The van der Waals surface area contributed by atoms with Crippen LogP contribution in [0.15, 0.2) is 79.0 Å². The number of nitrogens with zero attached hydrogens (tertiary/aromatic N) is 2. The van der Waals surface area contributed by atoms with Crippen LogP contribution in [-0.4, -0.2) is 28.5 Å². The van der Waals surface area contributed by atoms with Crippen LogP contribution < -0.4 is 4.90 Å². The maximum absolute atomic E-state index is 13.9. The average molecular weight is 489 g/mol. The molecule has 34 heavy (non-hydrogen) atoms. The number of para-hydroxylation sites is 1. The molecule has 2 saturated heterocycles. The molecule has 4 atom stereocenters. The number of imide groups is 1. The zero-order valence-corrected chi connectivity index (χ0v) is 19.3. The summed E-state index contributed by atoms with van der Waals surface area (Å²) in [6, 6.07) is 20.0. The third-order valence-corrected chi connectivity index (χ3v) is 7.49. The first-order chi connectivity index (χ1) is 16.5. The van der Waals surface area contributed by atoms with Crippen LogP contribution in [-0.2, 0) is 9.59 Å². The van der Waals surface area contributed by atoms with Gasteiger partial charge in [-0.1, -0.05) is 65.7 Å². The molecule has 7 heteroatoms. The van der Waals surface area contributed by atoms with Crippen LogP contribution in [0.1, 0.15) is 27.5 Å². The number of rotatable bonds is 3. The van der Waals surface area contributed by atoms with E-state index in [1.54, 1.807) is 36.4 Å². The second-order valence-corrected chi connectivity index (χ2v) is 9.51. The van der Waals surface area contributed by atoms with Crippen LogP contribution in [0.25, 0.3) is 6.08 Å². The normalized spacial score (nSPS) is 24.8. The van der Waals surface area contributed by atoms with Crippen LogP contribution in [0.5, 0.6) is 0 Å². The molecule has 3 aliphatic rings. The van der Waals surface area contributed by atoms with Crippen molar-refractivity contribution in [3.05, 3.63) is 106 Å². The summed E-state index contributed by atoms with van der Waals surface area (Å²) in [7, 11) is 0. The number of Topliss-reactive ketones (excluding diaryl/α,β-unsaturated/α-hetero) is 1. The summed E-state index contributed by atoms with van der Waals surface area (Å²) in [4.78, 5) is 44.6. The van der Waals surface area contributed by atoms with E-state index in [0.717, 1.165) is 11.1 Å². The molecule has 0 spiro atoms. The molecular formula is C27H18Cl2N2O3. The summed E-state index contributed by atoms with van der Waals surface area (Å²) in [5.41, 5.74) is 2.68. The third kappa shape index (κ3) is 2.97. The van der Waals surface area contributed by atoms with Gasteiger partial charge in [0.05, 0.1) is 28.6 Å². The Balaban J connectivity index is 1.51. The van der Waals surface area contributed by atoms with Crippen molar-refractivity contribution in [2.24, 2.45) is 11.8 Å². The Morgan fingerprint density at radius 2 is 1.53 bits per heavy atom. The number of amides is 2. The molecule has 6 rings (SSSR count). The molecule has 0 radical (unpaired) electrons. The third-order valence-electron chi connectivity index (χ3n) is 6.94. The summed E-state index contributed by atoms with van der Waals surface area (Å²) in [5.74, 6) is -2.51. The second-order valence-electron chi connectivity index (χ2n) is 8.67. The molecule has 2 amide bonds. The number of anilines is 1. The van der Waals surface area contributed by atoms with Crippen LogP contribution >= 0.6 is 23.2 Å². The number of ketones is 1. The minimum Gasteiger partial charge on any atom is -0.358 e. The Morgan fingerprint density at radius 1 is 0.824 bits per heavy atom. The molecule has 0 aliphatic carbocycles. The molecule has 0 saturated carbocycles. The number of fused-ring (bicyclic) bond motifs is 5. The molecule has 168 valence electrons. The van der Waals surface area contributed by atoms with Gasteiger partial charge in [-0.3, -0.25) is 14.4 Å². The molecule has 3 aromatic rings. The summed E-state index contributed by atoms with van der Waals surface area (Å²) < 4.78 is 0. The zero-order valence-electron chi connectivity index (χ0n) is 17.8. The van der Waals surface area contributed by atoms with Gasteiger partial charge in [-0.05, 0) is 47.5 Å². The van der Waals surface area contributed by atoms with Gasteiger partial charge in [0, 0.05) is 16.8 Å². The summed E-state index contributed by atoms with van der Waals surface area (Å²) in [6.45, 7) is 0. The van der Waals surface area contributed by atoms with Crippen molar-refractivity contribution in [3.8, 4) is 0 Å². The van der Waals surface area contributed by atoms with E-state index in [-0.39, 0.29) is 28.2 Å².